The Kier molecular flexibility index (Phi) is 5.02. The third kappa shape index (κ3) is 4.42. The van der Waals surface area contributed by atoms with Crippen LogP contribution in [0.5, 0.6) is 0 Å². The highest BCUT2D eigenvalue weighted by Crippen LogP contribution is 2.26. The standard InChI is InChI=1S/C15H24BrN3O/c1-15(2,3)14-18-12(16)8-13(19-14)17-9-10-4-6-11(20)7-5-10/h8,10-11,20H,4-7,9H2,1-3H3,(H,17,18,19). The first-order valence-corrected chi connectivity index (χ1v) is 8.11. The molecule has 1 aliphatic carbocycles. The lowest BCUT2D eigenvalue weighted by Gasteiger charge is -2.26. The van der Waals surface area contributed by atoms with Crippen molar-refractivity contribution < 1.29 is 5.11 Å². The lowest BCUT2D eigenvalue weighted by molar-refractivity contribution is 0.111. The van der Waals surface area contributed by atoms with Gasteiger partial charge >= 0.3 is 0 Å². The first-order chi connectivity index (χ1) is 9.34. The third-order valence-electron chi connectivity index (χ3n) is 3.75. The third-order valence-corrected chi connectivity index (χ3v) is 4.16. The lowest BCUT2D eigenvalue weighted by atomic mass is 9.87. The van der Waals surface area contributed by atoms with Gasteiger partial charge in [0.2, 0.25) is 0 Å². The first kappa shape index (κ1) is 15.7. The van der Waals surface area contributed by atoms with Gasteiger partial charge in [-0.1, -0.05) is 20.8 Å². The molecule has 0 unspecified atom stereocenters. The second-order valence-electron chi connectivity index (χ2n) is 6.70. The average molecular weight is 342 g/mol. The molecule has 0 bridgehead atoms. The van der Waals surface area contributed by atoms with Crippen LogP contribution in [0.4, 0.5) is 5.82 Å². The molecule has 0 aliphatic heterocycles. The Morgan fingerprint density at radius 2 is 1.90 bits per heavy atom. The van der Waals surface area contributed by atoms with E-state index in [1.807, 2.05) is 6.07 Å². The molecule has 0 radical (unpaired) electrons. The number of nitrogens with zero attached hydrogens (tertiary/aromatic N) is 2. The minimum atomic E-state index is -0.0908. The zero-order valence-corrected chi connectivity index (χ0v) is 14.1. The molecule has 5 heteroatoms. The molecule has 1 aliphatic rings. The van der Waals surface area contributed by atoms with E-state index in [9.17, 15) is 5.11 Å². The highest BCUT2D eigenvalue weighted by atomic mass is 79.9. The highest BCUT2D eigenvalue weighted by molar-refractivity contribution is 9.10. The summed E-state index contributed by atoms with van der Waals surface area (Å²) in [5.41, 5.74) is -0.0604. The van der Waals surface area contributed by atoms with Gasteiger partial charge in [0.25, 0.3) is 0 Å². The second-order valence-corrected chi connectivity index (χ2v) is 7.52. The van der Waals surface area contributed by atoms with Crippen LogP contribution in [-0.2, 0) is 5.41 Å². The number of halogens is 1. The fraction of sp³-hybridized carbons (Fsp3) is 0.733. The minimum Gasteiger partial charge on any atom is -0.393 e. The van der Waals surface area contributed by atoms with Crippen LogP contribution < -0.4 is 5.32 Å². The average Bonchev–Trinajstić information content (AvgIpc) is 2.36. The molecule has 20 heavy (non-hydrogen) atoms. The molecule has 0 saturated heterocycles. The molecule has 1 aromatic rings. The number of aliphatic hydroxyl groups is 1. The molecular weight excluding hydrogens is 318 g/mol. The summed E-state index contributed by atoms with van der Waals surface area (Å²) in [7, 11) is 0. The Balaban J connectivity index is 1.97. The fourth-order valence-corrected chi connectivity index (χ4v) is 2.83. The van der Waals surface area contributed by atoms with E-state index in [1.54, 1.807) is 0 Å². The quantitative estimate of drug-likeness (QED) is 0.826. The van der Waals surface area contributed by atoms with Gasteiger partial charge in [-0.3, -0.25) is 0 Å². The Morgan fingerprint density at radius 1 is 1.25 bits per heavy atom. The van der Waals surface area contributed by atoms with Gasteiger partial charge in [-0.25, -0.2) is 9.97 Å². The summed E-state index contributed by atoms with van der Waals surface area (Å²) < 4.78 is 0.819. The number of anilines is 1. The Hall–Kier alpha value is -0.680. The smallest absolute Gasteiger partial charge is 0.137 e. The predicted molar refractivity (Wildman–Crippen MR) is 84.9 cm³/mol. The SMILES string of the molecule is CC(C)(C)c1nc(Br)cc(NCC2CCC(O)CC2)n1. The van der Waals surface area contributed by atoms with Crippen molar-refractivity contribution in [3.8, 4) is 0 Å². The van der Waals surface area contributed by atoms with Crippen LogP contribution in [0.25, 0.3) is 0 Å². The van der Waals surface area contributed by atoms with Crippen LogP contribution in [0, 0.1) is 5.92 Å². The van der Waals surface area contributed by atoms with E-state index in [-0.39, 0.29) is 11.5 Å². The summed E-state index contributed by atoms with van der Waals surface area (Å²) in [6.07, 6.45) is 3.94. The molecule has 2 N–H and O–H groups in total. The number of aromatic nitrogens is 2. The van der Waals surface area contributed by atoms with E-state index in [0.717, 1.165) is 48.5 Å². The van der Waals surface area contributed by atoms with E-state index in [2.05, 4.69) is 52.0 Å². The van der Waals surface area contributed by atoms with Gasteiger partial charge < -0.3 is 10.4 Å². The van der Waals surface area contributed by atoms with E-state index in [4.69, 9.17) is 0 Å². The second kappa shape index (κ2) is 6.39. The van der Waals surface area contributed by atoms with Gasteiger partial charge in [0, 0.05) is 18.0 Å². The van der Waals surface area contributed by atoms with Crippen LogP contribution >= 0.6 is 15.9 Å². The van der Waals surface area contributed by atoms with Gasteiger partial charge in [-0.2, -0.15) is 0 Å². The molecule has 0 amide bonds. The van der Waals surface area contributed by atoms with Gasteiger partial charge in [0.1, 0.15) is 16.2 Å². The minimum absolute atomic E-state index is 0.0604. The van der Waals surface area contributed by atoms with E-state index in [1.165, 1.54) is 0 Å². The van der Waals surface area contributed by atoms with Crippen molar-refractivity contribution in [2.24, 2.45) is 5.92 Å². The number of hydrogen-bond acceptors (Lipinski definition) is 4. The number of nitrogens with one attached hydrogen (secondary N) is 1. The molecule has 4 nitrogen and oxygen atoms in total. The molecule has 0 aromatic carbocycles. The van der Waals surface area contributed by atoms with Crippen molar-refractivity contribution in [2.75, 3.05) is 11.9 Å². The Labute approximate surface area is 129 Å². The summed E-state index contributed by atoms with van der Waals surface area (Å²) in [5, 5.41) is 12.9. The van der Waals surface area contributed by atoms with Crippen molar-refractivity contribution in [1.82, 2.24) is 9.97 Å². The number of hydrogen-bond donors (Lipinski definition) is 2. The highest BCUT2D eigenvalue weighted by Gasteiger charge is 2.21. The van der Waals surface area contributed by atoms with Crippen LogP contribution in [0.3, 0.4) is 0 Å². The largest absolute Gasteiger partial charge is 0.393 e. The molecule has 112 valence electrons. The molecular formula is C15H24BrN3O. The van der Waals surface area contributed by atoms with Crippen LogP contribution in [0.15, 0.2) is 10.7 Å². The monoisotopic (exact) mass is 341 g/mol. The summed E-state index contributed by atoms with van der Waals surface area (Å²) >= 11 is 3.46. The van der Waals surface area contributed by atoms with Crippen molar-refractivity contribution in [1.29, 1.82) is 0 Å². The normalized spacial score (nSPS) is 23.6. The molecule has 0 spiro atoms. The van der Waals surface area contributed by atoms with Gasteiger partial charge in [0.05, 0.1) is 6.10 Å². The van der Waals surface area contributed by atoms with Gasteiger partial charge in [0.15, 0.2) is 0 Å². The zero-order chi connectivity index (χ0) is 14.8. The zero-order valence-electron chi connectivity index (χ0n) is 12.5. The molecule has 1 fully saturated rings. The van der Waals surface area contributed by atoms with Crippen molar-refractivity contribution in [3.05, 3.63) is 16.5 Å². The molecule has 0 atom stereocenters. The van der Waals surface area contributed by atoms with E-state index in [0.29, 0.717) is 5.92 Å². The molecule has 1 heterocycles. The Bertz CT molecular complexity index is 451. The maximum Gasteiger partial charge on any atom is 0.137 e. The maximum absolute atomic E-state index is 9.53. The summed E-state index contributed by atoms with van der Waals surface area (Å²) in [6, 6.07) is 1.92. The molecule has 1 aromatic heterocycles. The van der Waals surface area contributed by atoms with E-state index < -0.39 is 0 Å². The summed E-state index contributed by atoms with van der Waals surface area (Å²) in [4.78, 5) is 9.04. The maximum atomic E-state index is 9.53. The number of aliphatic hydroxyl groups excluding tert-OH is 1. The van der Waals surface area contributed by atoms with Crippen LogP contribution in [0.2, 0.25) is 0 Å². The lowest BCUT2D eigenvalue weighted by Crippen LogP contribution is -2.24. The fourth-order valence-electron chi connectivity index (χ4n) is 2.44. The van der Waals surface area contributed by atoms with Gasteiger partial charge in [-0.05, 0) is 47.5 Å². The van der Waals surface area contributed by atoms with Crippen LogP contribution in [0.1, 0.15) is 52.3 Å². The topological polar surface area (TPSA) is 58.0 Å². The van der Waals surface area contributed by atoms with E-state index >= 15 is 0 Å². The first-order valence-electron chi connectivity index (χ1n) is 7.31. The molecule has 1 saturated carbocycles. The molecule has 2 rings (SSSR count). The van der Waals surface area contributed by atoms with Crippen LogP contribution in [-0.4, -0.2) is 27.7 Å². The Morgan fingerprint density at radius 3 is 2.50 bits per heavy atom. The van der Waals surface area contributed by atoms with Crippen molar-refractivity contribution >= 4 is 21.7 Å². The van der Waals surface area contributed by atoms with Gasteiger partial charge in [-0.15, -0.1) is 0 Å². The summed E-state index contributed by atoms with van der Waals surface area (Å²) in [6.45, 7) is 7.25. The van der Waals surface area contributed by atoms with Crippen molar-refractivity contribution in [3.63, 3.8) is 0 Å². The number of rotatable bonds is 3. The van der Waals surface area contributed by atoms with Crippen molar-refractivity contribution in [2.45, 2.75) is 58.0 Å². The summed E-state index contributed by atoms with van der Waals surface area (Å²) in [5.74, 6) is 2.35. The predicted octanol–water partition coefficient (Wildman–Crippen LogP) is 3.50.